The van der Waals surface area contributed by atoms with E-state index in [0.717, 1.165) is 15.2 Å². The average molecular weight is 341 g/mol. The Kier molecular flexibility index (Phi) is 4.26. The van der Waals surface area contributed by atoms with Gasteiger partial charge in [0, 0.05) is 24.7 Å². The standard InChI is InChI=1S/C17H15N3O3S/c1-11(16-18-14-5-3-4-6-15(14)24-16)19(2)17(21)12-7-9-13(10-8-12)20(22)23/h3-11H,1-2H3/t11-/m0/s1. The van der Waals surface area contributed by atoms with Crippen molar-refractivity contribution >= 4 is 33.1 Å². The van der Waals surface area contributed by atoms with E-state index in [1.165, 1.54) is 24.3 Å². The summed E-state index contributed by atoms with van der Waals surface area (Å²) in [7, 11) is 1.71. The first-order valence-corrected chi connectivity index (χ1v) is 8.16. The molecule has 0 saturated heterocycles. The van der Waals surface area contributed by atoms with Gasteiger partial charge in [-0.25, -0.2) is 4.98 Å². The van der Waals surface area contributed by atoms with Gasteiger partial charge in [0.05, 0.1) is 21.2 Å². The summed E-state index contributed by atoms with van der Waals surface area (Å²) in [5.74, 6) is -0.198. The minimum Gasteiger partial charge on any atom is -0.333 e. The number of para-hydroxylation sites is 1. The van der Waals surface area contributed by atoms with E-state index >= 15 is 0 Å². The van der Waals surface area contributed by atoms with E-state index in [1.807, 2.05) is 31.2 Å². The monoisotopic (exact) mass is 341 g/mol. The molecule has 0 aliphatic rings. The summed E-state index contributed by atoms with van der Waals surface area (Å²) in [5.41, 5.74) is 1.30. The predicted molar refractivity (Wildman–Crippen MR) is 93.2 cm³/mol. The SMILES string of the molecule is C[C@@H](c1nc2ccccc2s1)N(C)C(=O)c1ccc([N+](=O)[O-])cc1. The third-order valence-corrected chi connectivity index (χ3v) is 5.10. The molecule has 24 heavy (non-hydrogen) atoms. The van der Waals surface area contributed by atoms with Crippen LogP contribution in [-0.2, 0) is 0 Å². The lowest BCUT2D eigenvalue weighted by molar-refractivity contribution is -0.384. The van der Waals surface area contributed by atoms with Gasteiger partial charge in [0.15, 0.2) is 0 Å². The number of carbonyl (C=O) groups is 1. The number of carbonyl (C=O) groups excluding carboxylic acids is 1. The van der Waals surface area contributed by atoms with E-state index in [4.69, 9.17) is 0 Å². The number of nitro groups is 1. The Morgan fingerprint density at radius 1 is 1.21 bits per heavy atom. The molecular weight excluding hydrogens is 326 g/mol. The Morgan fingerprint density at radius 2 is 1.88 bits per heavy atom. The molecular formula is C17H15N3O3S. The maximum atomic E-state index is 12.6. The minimum absolute atomic E-state index is 0.0339. The molecule has 1 atom stereocenters. The molecule has 0 spiro atoms. The molecule has 0 aliphatic carbocycles. The van der Waals surface area contributed by atoms with E-state index in [-0.39, 0.29) is 17.6 Å². The Balaban J connectivity index is 1.82. The van der Waals surface area contributed by atoms with E-state index in [1.54, 1.807) is 23.3 Å². The number of benzene rings is 2. The number of amides is 1. The molecule has 0 saturated carbocycles. The first-order valence-electron chi connectivity index (χ1n) is 7.34. The maximum Gasteiger partial charge on any atom is 0.269 e. The summed E-state index contributed by atoms with van der Waals surface area (Å²) in [5, 5.41) is 11.6. The molecule has 0 bridgehead atoms. The molecule has 0 radical (unpaired) electrons. The highest BCUT2D eigenvalue weighted by molar-refractivity contribution is 7.18. The fourth-order valence-electron chi connectivity index (χ4n) is 2.34. The van der Waals surface area contributed by atoms with E-state index in [2.05, 4.69) is 4.98 Å². The zero-order chi connectivity index (χ0) is 17.3. The molecule has 0 unspecified atom stereocenters. The van der Waals surface area contributed by atoms with Crippen LogP contribution < -0.4 is 0 Å². The lowest BCUT2D eigenvalue weighted by atomic mass is 10.1. The molecule has 0 fully saturated rings. The summed E-state index contributed by atoms with van der Waals surface area (Å²) >= 11 is 1.56. The molecule has 122 valence electrons. The van der Waals surface area contributed by atoms with Gasteiger partial charge in [0.1, 0.15) is 5.01 Å². The van der Waals surface area contributed by atoms with Gasteiger partial charge in [-0.05, 0) is 31.2 Å². The molecule has 1 aromatic heterocycles. The van der Waals surface area contributed by atoms with Gasteiger partial charge in [0.25, 0.3) is 11.6 Å². The van der Waals surface area contributed by atoms with Crippen LogP contribution in [0, 0.1) is 10.1 Å². The van der Waals surface area contributed by atoms with E-state index in [9.17, 15) is 14.9 Å². The Labute approximate surface area is 142 Å². The van der Waals surface area contributed by atoms with Gasteiger partial charge in [-0.2, -0.15) is 0 Å². The number of fused-ring (bicyclic) bond motifs is 1. The van der Waals surface area contributed by atoms with Crippen molar-refractivity contribution < 1.29 is 9.72 Å². The largest absolute Gasteiger partial charge is 0.333 e. The quantitative estimate of drug-likeness (QED) is 0.530. The van der Waals surface area contributed by atoms with Gasteiger partial charge in [-0.15, -0.1) is 11.3 Å². The minimum atomic E-state index is -0.484. The topological polar surface area (TPSA) is 76.3 Å². The molecule has 1 amide bonds. The Bertz CT molecular complexity index is 872. The van der Waals surface area contributed by atoms with Gasteiger partial charge in [0.2, 0.25) is 0 Å². The smallest absolute Gasteiger partial charge is 0.269 e. The zero-order valence-corrected chi connectivity index (χ0v) is 14.0. The van der Waals surface area contributed by atoms with Crippen LogP contribution in [0.2, 0.25) is 0 Å². The van der Waals surface area contributed by atoms with Crippen molar-refractivity contribution in [1.82, 2.24) is 9.88 Å². The van der Waals surface area contributed by atoms with E-state index < -0.39 is 4.92 Å². The normalized spacial score (nSPS) is 12.1. The summed E-state index contributed by atoms with van der Waals surface area (Å²) in [6.07, 6.45) is 0. The highest BCUT2D eigenvalue weighted by atomic mass is 32.1. The number of hydrogen-bond donors (Lipinski definition) is 0. The number of thiazole rings is 1. The van der Waals surface area contributed by atoms with Gasteiger partial charge >= 0.3 is 0 Å². The lowest BCUT2D eigenvalue weighted by Crippen LogP contribution is -2.29. The van der Waals surface area contributed by atoms with Crippen molar-refractivity contribution in [3.05, 3.63) is 69.2 Å². The molecule has 6 nitrogen and oxygen atoms in total. The Hall–Kier alpha value is -2.80. The molecule has 1 heterocycles. The summed E-state index contributed by atoms with van der Waals surface area (Å²) < 4.78 is 1.08. The van der Waals surface area contributed by atoms with Crippen LogP contribution in [0.4, 0.5) is 5.69 Å². The number of rotatable bonds is 4. The van der Waals surface area contributed by atoms with E-state index in [0.29, 0.717) is 5.56 Å². The number of aromatic nitrogens is 1. The van der Waals surface area contributed by atoms with Crippen LogP contribution in [-0.4, -0.2) is 27.8 Å². The first kappa shape index (κ1) is 16.1. The van der Waals surface area contributed by atoms with Crippen molar-refractivity contribution in [3.63, 3.8) is 0 Å². The second kappa shape index (κ2) is 6.37. The zero-order valence-electron chi connectivity index (χ0n) is 13.2. The summed E-state index contributed by atoms with van der Waals surface area (Å²) in [6.45, 7) is 1.92. The fraction of sp³-hybridized carbons (Fsp3) is 0.176. The average Bonchev–Trinajstić information content (AvgIpc) is 3.04. The van der Waals surface area contributed by atoms with Crippen LogP contribution in [0.3, 0.4) is 0 Å². The number of hydrogen-bond acceptors (Lipinski definition) is 5. The molecule has 7 heteroatoms. The van der Waals surface area contributed by atoms with Crippen molar-refractivity contribution in [2.75, 3.05) is 7.05 Å². The van der Waals surface area contributed by atoms with Crippen LogP contribution in [0.15, 0.2) is 48.5 Å². The van der Waals surface area contributed by atoms with Crippen LogP contribution in [0.25, 0.3) is 10.2 Å². The summed E-state index contributed by atoms with van der Waals surface area (Å²) in [4.78, 5) is 29.0. The highest BCUT2D eigenvalue weighted by Gasteiger charge is 2.22. The molecule has 0 aliphatic heterocycles. The predicted octanol–water partition coefficient (Wildman–Crippen LogP) is 4.04. The second-order valence-corrected chi connectivity index (χ2v) is 6.48. The third kappa shape index (κ3) is 2.98. The molecule has 2 aromatic carbocycles. The first-order chi connectivity index (χ1) is 11.5. The summed E-state index contributed by atoms with van der Waals surface area (Å²) in [6, 6.07) is 13.3. The van der Waals surface area contributed by atoms with Crippen LogP contribution >= 0.6 is 11.3 Å². The van der Waals surface area contributed by atoms with Gasteiger partial charge in [-0.3, -0.25) is 14.9 Å². The van der Waals surface area contributed by atoms with Gasteiger partial charge in [-0.1, -0.05) is 12.1 Å². The molecule has 3 aromatic rings. The second-order valence-electron chi connectivity index (χ2n) is 5.42. The van der Waals surface area contributed by atoms with Crippen LogP contribution in [0.1, 0.15) is 28.3 Å². The van der Waals surface area contributed by atoms with Crippen molar-refractivity contribution in [1.29, 1.82) is 0 Å². The van der Waals surface area contributed by atoms with Crippen molar-refractivity contribution in [2.24, 2.45) is 0 Å². The third-order valence-electron chi connectivity index (χ3n) is 3.89. The molecule has 0 N–H and O–H groups in total. The fourth-order valence-corrected chi connectivity index (χ4v) is 3.40. The number of nitro benzene ring substituents is 1. The van der Waals surface area contributed by atoms with Crippen molar-refractivity contribution in [2.45, 2.75) is 13.0 Å². The Morgan fingerprint density at radius 3 is 2.50 bits per heavy atom. The number of nitrogens with zero attached hydrogens (tertiary/aromatic N) is 3. The van der Waals surface area contributed by atoms with Crippen molar-refractivity contribution in [3.8, 4) is 0 Å². The van der Waals surface area contributed by atoms with Gasteiger partial charge < -0.3 is 4.90 Å². The lowest BCUT2D eigenvalue weighted by Gasteiger charge is -2.23. The van der Waals surface area contributed by atoms with Crippen LogP contribution in [0.5, 0.6) is 0 Å². The maximum absolute atomic E-state index is 12.6. The highest BCUT2D eigenvalue weighted by Crippen LogP contribution is 2.29. The molecule has 3 rings (SSSR count). The number of non-ortho nitro benzene ring substituents is 1.